The van der Waals surface area contributed by atoms with Crippen molar-refractivity contribution in [1.29, 1.82) is 0 Å². The molecule has 5 heteroatoms. The molecule has 0 aliphatic heterocycles. The molecule has 3 aromatic carbocycles. The third-order valence-corrected chi connectivity index (χ3v) is 5.58. The molecule has 1 N–H and O–H groups in total. The van der Waals surface area contributed by atoms with Crippen LogP contribution in [0.2, 0.25) is 0 Å². The molecule has 4 aromatic rings. The van der Waals surface area contributed by atoms with Crippen LogP contribution in [0.5, 0.6) is 0 Å². The Labute approximate surface area is 166 Å². The number of methoxy groups -OCH3 is 1. The van der Waals surface area contributed by atoms with Crippen LogP contribution in [0.4, 0.5) is 5.69 Å². The summed E-state index contributed by atoms with van der Waals surface area (Å²) in [7, 11) is 1.32. The van der Waals surface area contributed by atoms with Crippen LogP contribution in [0.1, 0.15) is 20.7 Å². The molecule has 1 heterocycles. The number of ether oxygens (including phenoxy) is 1. The maximum Gasteiger partial charge on any atom is 0.339 e. The van der Waals surface area contributed by atoms with E-state index in [1.54, 1.807) is 41.7 Å². The molecule has 0 saturated heterocycles. The molecule has 0 atom stereocenters. The molecule has 0 saturated carbocycles. The summed E-state index contributed by atoms with van der Waals surface area (Å²) in [6.45, 7) is 0. The highest BCUT2D eigenvalue weighted by Gasteiger charge is 2.17. The fourth-order valence-electron chi connectivity index (χ4n) is 3.00. The summed E-state index contributed by atoms with van der Waals surface area (Å²) in [5.74, 6) is -0.773. The number of anilines is 1. The van der Waals surface area contributed by atoms with E-state index in [0.717, 1.165) is 15.8 Å². The first-order valence-electron chi connectivity index (χ1n) is 8.73. The van der Waals surface area contributed by atoms with Crippen molar-refractivity contribution in [1.82, 2.24) is 0 Å². The van der Waals surface area contributed by atoms with Crippen molar-refractivity contribution in [2.75, 3.05) is 12.4 Å². The fraction of sp³-hybridized carbons (Fsp3) is 0.0435. The van der Waals surface area contributed by atoms with Crippen molar-refractivity contribution in [3.8, 4) is 10.4 Å². The Hall–Kier alpha value is -3.44. The summed E-state index contributed by atoms with van der Waals surface area (Å²) in [5.41, 5.74) is 2.19. The van der Waals surface area contributed by atoms with E-state index in [1.165, 1.54) is 11.8 Å². The Morgan fingerprint density at radius 1 is 0.893 bits per heavy atom. The predicted octanol–water partition coefficient (Wildman–Crippen LogP) is 5.61. The van der Waals surface area contributed by atoms with Crippen LogP contribution in [-0.4, -0.2) is 19.0 Å². The van der Waals surface area contributed by atoms with E-state index in [-0.39, 0.29) is 5.91 Å². The van der Waals surface area contributed by atoms with Gasteiger partial charge in [0, 0.05) is 15.1 Å². The average molecular weight is 387 g/mol. The number of fused-ring (bicyclic) bond motifs is 1. The summed E-state index contributed by atoms with van der Waals surface area (Å²) in [5, 5.41) is 4.01. The van der Waals surface area contributed by atoms with E-state index in [1.807, 2.05) is 30.3 Å². The molecule has 4 rings (SSSR count). The molecular formula is C23H17NO3S. The van der Waals surface area contributed by atoms with Crippen LogP contribution in [0.25, 0.3) is 20.5 Å². The number of hydrogen-bond acceptors (Lipinski definition) is 4. The molecule has 4 nitrogen and oxygen atoms in total. The Morgan fingerprint density at radius 2 is 1.64 bits per heavy atom. The van der Waals surface area contributed by atoms with E-state index >= 15 is 0 Å². The summed E-state index contributed by atoms with van der Waals surface area (Å²) in [6, 6.07) is 24.5. The molecular weight excluding hydrogens is 370 g/mol. The largest absolute Gasteiger partial charge is 0.465 e. The lowest BCUT2D eigenvalue weighted by Crippen LogP contribution is -2.15. The zero-order valence-electron chi connectivity index (χ0n) is 15.1. The lowest BCUT2D eigenvalue weighted by molar-refractivity contribution is 0.0602. The van der Waals surface area contributed by atoms with E-state index < -0.39 is 5.97 Å². The number of hydrogen-bond donors (Lipinski definition) is 1. The third-order valence-electron chi connectivity index (χ3n) is 4.42. The van der Waals surface area contributed by atoms with Gasteiger partial charge < -0.3 is 10.1 Å². The van der Waals surface area contributed by atoms with Gasteiger partial charge in [0.15, 0.2) is 0 Å². The number of benzene rings is 3. The second-order valence-electron chi connectivity index (χ2n) is 6.22. The molecule has 0 aliphatic carbocycles. The minimum absolute atomic E-state index is 0.278. The topological polar surface area (TPSA) is 55.4 Å². The number of esters is 1. The Balaban J connectivity index is 1.75. The van der Waals surface area contributed by atoms with Crippen molar-refractivity contribution in [3.05, 3.63) is 90.0 Å². The second kappa shape index (κ2) is 7.66. The van der Waals surface area contributed by atoms with Gasteiger partial charge in [-0.1, -0.05) is 42.5 Å². The number of nitrogens with one attached hydrogen (secondary N) is 1. The van der Waals surface area contributed by atoms with Gasteiger partial charge in [-0.25, -0.2) is 4.79 Å². The van der Waals surface area contributed by atoms with Gasteiger partial charge in [0.05, 0.1) is 18.4 Å². The highest BCUT2D eigenvalue weighted by Crippen LogP contribution is 2.35. The van der Waals surface area contributed by atoms with Crippen LogP contribution in [0.15, 0.2) is 78.9 Å². The molecule has 0 aliphatic rings. The fourth-order valence-corrected chi connectivity index (χ4v) is 4.06. The zero-order valence-corrected chi connectivity index (χ0v) is 16.0. The molecule has 0 spiro atoms. The standard InChI is InChI=1S/C23H17NO3S/c1-27-23(26)18-12-11-17(21-14-16-9-5-6-10-20(16)28-21)13-19(18)24-22(25)15-7-3-2-4-8-15/h2-14H,1H3,(H,24,25). The van der Waals surface area contributed by atoms with E-state index in [0.29, 0.717) is 16.8 Å². The first-order chi connectivity index (χ1) is 13.7. The predicted molar refractivity (Wildman–Crippen MR) is 113 cm³/mol. The van der Waals surface area contributed by atoms with E-state index in [4.69, 9.17) is 4.74 Å². The van der Waals surface area contributed by atoms with Gasteiger partial charge in [0.25, 0.3) is 5.91 Å². The molecule has 1 amide bonds. The van der Waals surface area contributed by atoms with Crippen LogP contribution in [0, 0.1) is 0 Å². The van der Waals surface area contributed by atoms with Crippen molar-refractivity contribution in [3.63, 3.8) is 0 Å². The van der Waals surface area contributed by atoms with Gasteiger partial charge in [-0.05, 0) is 47.3 Å². The van der Waals surface area contributed by atoms with Gasteiger partial charge in [-0.3, -0.25) is 4.79 Å². The molecule has 0 bridgehead atoms. The molecule has 0 fully saturated rings. The van der Waals surface area contributed by atoms with Gasteiger partial charge >= 0.3 is 5.97 Å². The Kier molecular flexibility index (Phi) is 4.91. The summed E-state index contributed by atoms with van der Waals surface area (Å²) in [6.07, 6.45) is 0. The maximum absolute atomic E-state index is 12.6. The average Bonchev–Trinajstić information content (AvgIpc) is 3.18. The number of amides is 1. The smallest absolute Gasteiger partial charge is 0.339 e. The molecule has 138 valence electrons. The van der Waals surface area contributed by atoms with Crippen molar-refractivity contribution < 1.29 is 14.3 Å². The van der Waals surface area contributed by atoms with Gasteiger partial charge in [0.1, 0.15) is 0 Å². The Bertz CT molecular complexity index is 1130. The van der Waals surface area contributed by atoms with E-state index in [9.17, 15) is 9.59 Å². The monoisotopic (exact) mass is 387 g/mol. The van der Waals surface area contributed by atoms with E-state index in [2.05, 4.69) is 23.5 Å². The normalized spacial score (nSPS) is 10.6. The minimum atomic E-state index is -0.494. The highest BCUT2D eigenvalue weighted by atomic mass is 32.1. The summed E-state index contributed by atoms with van der Waals surface area (Å²) < 4.78 is 6.05. The van der Waals surface area contributed by atoms with Crippen LogP contribution < -0.4 is 5.32 Å². The van der Waals surface area contributed by atoms with Crippen molar-refractivity contribution >= 4 is 39.0 Å². The first kappa shape index (κ1) is 17.9. The third kappa shape index (κ3) is 3.52. The van der Waals surface area contributed by atoms with Crippen molar-refractivity contribution in [2.24, 2.45) is 0 Å². The maximum atomic E-state index is 12.6. The summed E-state index contributed by atoms with van der Waals surface area (Å²) in [4.78, 5) is 25.8. The highest BCUT2D eigenvalue weighted by molar-refractivity contribution is 7.22. The van der Waals surface area contributed by atoms with Gasteiger partial charge in [-0.15, -0.1) is 11.3 Å². The summed E-state index contributed by atoms with van der Waals surface area (Å²) >= 11 is 1.67. The van der Waals surface area contributed by atoms with Gasteiger partial charge in [-0.2, -0.15) is 0 Å². The van der Waals surface area contributed by atoms with Crippen molar-refractivity contribution in [2.45, 2.75) is 0 Å². The lowest BCUT2D eigenvalue weighted by atomic mass is 10.1. The lowest BCUT2D eigenvalue weighted by Gasteiger charge is -2.11. The second-order valence-corrected chi connectivity index (χ2v) is 7.30. The molecule has 28 heavy (non-hydrogen) atoms. The Morgan fingerprint density at radius 3 is 2.39 bits per heavy atom. The molecule has 1 aromatic heterocycles. The van der Waals surface area contributed by atoms with Crippen LogP contribution in [0.3, 0.4) is 0 Å². The van der Waals surface area contributed by atoms with Crippen LogP contribution >= 0.6 is 11.3 Å². The SMILES string of the molecule is COC(=O)c1ccc(-c2cc3ccccc3s2)cc1NC(=O)c1ccccc1. The zero-order chi connectivity index (χ0) is 19.5. The number of carbonyl (C=O) groups is 2. The quantitative estimate of drug-likeness (QED) is 0.463. The van der Waals surface area contributed by atoms with Crippen LogP contribution in [-0.2, 0) is 4.74 Å². The minimum Gasteiger partial charge on any atom is -0.465 e. The van der Waals surface area contributed by atoms with Gasteiger partial charge in [0.2, 0.25) is 0 Å². The molecule has 0 unspecified atom stereocenters. The number of rotatable bonds is 4. The number of thiophene rings is 1. The number of carbonyl (C=O) groups excluding carboxylic acids is 2. The first-order valence-corrected chi connectivity index (χ1v) is 9.55. The molecule has 0 radical (unpaired) electrons.